The number of hydrogen-bond donors (Lipinski definition) is 3. The first-order valence-electron chi connectivity index (χ1n) is 10.9. The third-order valence-corrected chi connectivity index (χ3v) is 6.93. The molecule has 4 N–H and O–H groups in total. The van der Waals surface area contributed by atoms with Crippen LogP contribution >= 0.6 is 0 Å². The summed E-state index contributed by atoms with van der Waals surface area (Å²) in [5.74, 6) is -0.586. The number of carbonyl (C=O) groups is 1. The number of rotatable bonds is 9. The van der Waals surface area contributed by atoms with Crippen molar-refractivity contribution in [1.82, 2.24) is 4.31 Å². The van der Waals surface area contributed by atoms with E-state index in [4.69, 9.17) is 11.1 Å². The molecule has 0 aliphatic carbocycles. The van der Waals surface area contributed by atoms with E-state index in [1.165, 1.54) is 0 Å². The number of carbonyl (C=O) groups excluding carboxylic acids is 1. The fraction of sp³-hybridized carbons (Fsp3) is 0.192. The minimum atomic E-state index is -3.67. The van der Waals surface area contributed by atoms with Gasteiger partial charge in [0.2, 0.25) is 15.9 Å². The molecule has 0 spiro atoms. The molecule has 0 aliphatic rings. The molecule has 180 valence electrons. The van der Waals surface area contributed by atoms with E-state index in [9.17, 15) is 18.5 Å². The Balaban J connectivity index is 1.88. The number of nitrogens with two attached hydrogens (primary N) is 1. The van der Waals surface area contributed by atoms with E-state index in [-0.39, 0.29) is 18.8 Å². The van der Waals surface area contributed by atoms with Gasteiger partial charge in [-0.3, -0.25) is 10.2 Å². The summed E-state index contributed by atoms with van der Waals surface area (Å²) >= 11 is 0. The lowest BCUT2D eigenvalue weighted by Crippen LogP contribution is -2.48. The predicted octanol–water partition coefficient (Wildman–Crippen LogP) is 3.34. The Labute approximate surface area is 205 Å². The fourth-order valence-corrected chi connectivity index (χ4v) is 4.99. The number of anilines is 1. The molecule has 0 unspecified atom stereocenters. The number of nitrogens with zero attached hydrogens (tertiary/aromatic N) is 2. The molecule has 35 heavy (non-hydrogen) atoms. The number of amides is 1. The van der Waals surface area contributed by atoms with E-state index in [2.05, 4.69) is 11.4 Å². The Kier molecular flexibility index (Phi) is 8.02. The SMILES string of the molecule is CCN([C@@H](Cc1cccc(C(=N)N)c1)C(=O)Nc1ccc(-c2ccccc2C#N)cc1)S(C)(=O)=O. The molecule has 0 bridgehead atoms. The van der Waals surface area contributed by atoms with Crippen LogP contribution in [0.5, 0.6) is 0 Å². The second-order valence-corrected chi connectivity index (χ2v) is 9.96. The molecule has 0 aliphatic heterocycles. The van der Waals surface area contributed by atoms with Crippen LogP contribution in [0, 0.1) is 16.7 Å². The first-order valence-corrected chi connectivity index (χ1v) is 12.8. The highest BCUT2D eigenvalue weighted by Gasteiger charge is 2.31. The Hall–Kier alpha value is -4.00. The molecule has 0 saturated carbocycles. The average molecular weight is 490 g/mol. The van der Waals surface area contributed by atoms with Gasteiger partial charge in [-0.25, -0.2) is 8.42 Å². The van der Waals surface area contributed by atoms with Gasteiger partial charge in [-0.2, -0.15) is 9.57 Å². The summed E-state index contributed by atoms with van der Waals surface area (Å²) in [6, 6.07) is 22.3. The smallest absolute Gasteiger partial charge is 0.243 e. The highest BCUT2D eigenvalue weighted by atomic mass is 32.2. The molecule has 8 nitrogen and oxygen atoms in total. The van der Waals surface area contributed by atoms with Crippen molar-refractivity contribution in [2.45, 2.75) is 19.4 Å². The van der Waals surface area contributed by atoms with Crippen molar-refractivity contribution in [2.75, 3.05) is 18.1 Å². The van der Waals surface area contributed by atoms with Crippen LogP contribution in [0.15, 0.2) is 72.8 Å². The van der Waals surface area contributed by atoms with Crippen molar-refractivity contribution in [3.05, 3.63) is 89.5 Å². The highest BCUT2D eigenvalue weighted by Crippen LogP contribution is 2.25. The molecule has 0 saturated heterocycles. The monoisotopic (exact) mass is 489 g/mol. The Morgan fingerprint density at radius 2 is 1.80 bits per heavy atom. The maximum atomic E-state index is 13.3. The first-order chi connectivity index (χ1) is 16.6. The zero-order chi connectivity index (χ0) is 25.6. The molecule has 0 radical (unpaired) electrons. The van der Waals surface area contributed by atoms with Crippen LogP contribution in [-0.4, -0.2) is 43.3 Å². The van der Waals surface area contributed by atoms with E-state index in [0.717, 1.165) is 21.7 Å². The van der Waals surface area contributed by atoms with Crippen molar-refractivity contribution < 1.29 is 13.2 Å². The average Bonchev–Trinajstić information content (AvgIpc) is 2.83. The van der Waals surface area contributed by atoms with E-state index >= 15 is 0 Å². The van der Waals surface area contributed by atoms with Gasteiger partial charge in [-0.15, -0.1) is 0 Å². The lowest BCUT2D eigenvalue weighted by Gasteiger charge is -2.28. The van der Waals surface area contributed by atoms with E-state index in [0.29, 0.717) is 22.4 Å². The Morgan fingerprint density at radius 3 is 2.40 bits per heavy atom. The van der Waals surface area contributed by atoms with Gasteiger partial charge in [0.15, 0.2) is 0 Å². The zero-order valence-corrected chi connectivity index (χ0v) is 20.3. The molecule has 0 fully saturated rings. The van der Waals surface area contributed by atoms with Crippen molar-refractivity contribution >= 4 is 27.5 Å². The van der Waals surface area contributed by atoms with E-state index in [1.54, 1.807) is 67.6 Å². The first kappa shape index (κ1) is 25.6. The number of benzene rings is 3. The van der Waals surface area contributed by atoms with Gasteiger partial charge < -0.3 is 11.1 Å². The molecule has 9 heteroatoms. The van der Waals surface area contributed by atoms with Crippen molar-refractivity contribution in [3.8, 4) is 17.2 Å². The molecule has 1 atom stereocenters. The third kappa shape index (κ3) is 6.32. The second-order valence-electron chi connectivity index (χ2n) is 8.02. The quantitative estimate of drug-likeness (QED) is 0.312. The summed E-state index contributed by atoms with van der Waals surface area (Å²) in [5.41, 5.74) is 9.42. The second kappa shape index (κ2) is 11.0. The van der Waals surface area contributed by atoms with Gasteiger partial charge in [-0.1, -0.05) is 55.5 Å². The van der Waals surface area contributed by atoms with Crippen molar-refractivity contribution in [3.63, 3.8) is 0 Å². The number of amidine groups is 1. The third-order valence-electron chi connectivity index (χ3n) is 5.57. The Bertz CT molecular complexity index is 1380. The number of likely N-dealkylation sites (N-methyl/N-ethyl adjacent to an activating group) is 1. The summed E-state index contributed by atoms with van der Waals surface area (Å²) < 4.78 is 26.1. The molecule has 0 heterocycles. The van der Waals surface area contributed by atoms with Crippen molar-refractivity contribution in [1.29, 1.82) is 10.7 Å². The van der Waals surface area contributed by atoms with Gasteiger partial charge in [-0.05, 0) is 47.4 Å². The topological polar surface area (TPSA) is 140 Å². The van der Waals surface area contributed by atoms with Crippen LogP contribution in [0.25, 0.3) is 11.1 Å². The number of nitrogens with one attached hydrogen (secondary N) is 2. The number of hydrogen-bond acceptors (Lipinski definition) is 5. The Morgan fingerprint density at radius 1 is 1.11 bits per heavy atom. The summed E-state index contributed by atoms with van der Waals surface area (Å²) in [6.45, 7) is 1.79. The largest absolute Gasteiger partial charge is 0.384 e. The van der Waals surface area contributed by atoms with Gasteiger partial charge in [0.05, 0.1) is 17.9 Å². The van der Waals surface area contributed by atoms with Gasteiger partial charge in [0.1, 0.15) is 11.9 Å². The van der Waals surface area contributed by atoms with Crippen LogP contribution in [0.3, 0.4) is 0 Å². The summed E-state index contributed by atoms with van der Waals surface area (Å²) in [7, 11) is -3.67. The van der Waals surface area contributed by atoms with Crippen LogP contribution in [0.2, 0.25) is 0 Å². The zero-order valence-electron chi connectivity index (χ0n) is 19.5. The summed E-state index contributed by atoms with van der Waals surface area (Å²) in [5, 5.41) is 19.8. The van der Waals surface area contributed by atoms with Crippen molar-refractivity contribution in [2.24, 2.45) is 5.73 Å². The lowest BCUT2D eigenvalue weighted by atomic mass is 10.00. The minimum absolute atomic E-state index is 0.110. The molecular weight excluding hydrogens is 462 g/mol. The maximum Gasteiger partial charge on any atom is 0.243 e. The lowest BCUT2D eigenvalue weighted by molar-refractivity contribution is -0.119. The van der Waals surface area contributed by atoms with Crippen LogP contribution in [0.4, 0.5) is 5.69 Å². The number of nitrogen functional groups attached to an aromatic ring is 1. The van der Waals surface area contributed by atoms with Crippen LogP contribution in [0.1, 0.15) is 23.6 Å². The van der Waals surface area contributed by atoms with Gasteiger partial charge in [0, 0.05) is 17.8 Å². The van der Waals surface area contributed by atoms with Gasteiger partial charge >= 0.3 is 0 Å². The molecular formula is C26H27N5O3S. The summed E-state index contributed by atoms with van der Waals surface area (Å²) in [6.07, 6.45) is 1.19. The predicted molar refractivity (Wildman–Crippen MR) is 137 cm³/mol. The molecule has 3 aromatic carbocycles. The van der Waals surface area contributed by atoms with Gasteiger partial charge in [0.25, 0.3) is 0 Å². The van der Waals surface area contributed by atoms with E-state index in [1.807, 2.05) is 12.1 Å². The standard InChI is InChI=1S/C26H27N5O3S/c1-3-31(35(2,33)34)24(16-18-7-6-9-20(15-18)25(28)29)26(32)30-22-13-11-19(12-14-22)23-10-5-4-8-21(23)17-27/h4-15,24H,3,16H2,1-2H3,(H3,28,29)(H,30,32)/t24-/m0/s1. The number of nitriles is 1. The summed E-state index contributed by atoms with van der Waals surface area (Å²) in [4.78, 5) is 13.3. The fourth-order valence-electron chi connectivity index (χ4n) is 3.89. The molecule has 1 amide bonds. The minimum Gasteiger partial charge on any atom is -0.384 e. The molecule has 0 aromatic heterocycles. The van der Waals surface area contributed by atoms with Crippen LogP contribution in [-0.2, 0) is 21.2 Å². The molecule has 3 rings (SSSR count). The number of sulfonamides is 1. The molecule has 3 aromatic rings. The highest BCUT2D eigenvalue weighted by molar-refractivity contribution is 7.88. The normalized spacial score (nSPS) is 12.1. The van der Waals surface area contributed by atoms with E-state index < -0.39 is 22.0 Å². The van der Waals surface area contributed by atoms with Crippen LogP contribution < -0.4 is 11.1 Å². The maximum absolute atomic E-state index is 13.3.